The fourth-order valence-electron chi connectivity index (χ4n) is 6.42. The molecule has 0 unspecified atom stereocenters. The van der Waals surface area contributed by atoms with Crippen molar-refractivity contribution in [2.75, 3.05) is 0 Å². The normalized spacial score (nSPS) is 13.6. The van der Waals surface area contributed by atoms with Crippen LogP contribution in [0.1, 0.15) is 31.9 Å². The highest BCUT2D eigenvalue weighted by Gasteiger charge is 2.35. The molecule has 6 aromatic rings. The molecule has 7 rings (SSSR count). The first-order chi connectivity index (χ1) is 22.5. The lowest BCUT2D eigenvalue weighted by Gasteiger charge is -2.23. The molecule has 0 spiro atoms. The first kappa shape index (κ1) is 29.1. The van der Waals surface area contributed by atoms with E-state index in [2.05, 4.69) is 130 Å². The van der Waals surface area contributed by atoms with Crippen LogP contribution in [0.2, 0.25) is 0 Å². The summed E-state index contributed by atoms with van der Waals surface area (Å²) in [6.45, 7) is 10.8. The van der Waals surface area contributed by atoms with E-state index < -0.39 is 0 Å². The van der Waals surface area contributed by atoms with Gasteiger partial charge in [-0.05, 0) is 63.6 Å². The third-order valence-electron chi connectivity index (χ3n) is 8.86. The van der Waals surface area contributed by atoms with E-state index in [0.29, 0.717) is 17.5 Å². The minimum Gasteiger partial charge on any atom is -0.208 e. The lowest BCUT2D eigenvalue weighted by molar-refractivity contribution is 0.654. The first-order valence-electron chi connectivity index (χ1n) is 15.7. The van der Waals surface area contributed by atoms with Gasteiger partial charge in [-0.3, -0.25) is 0 Å². The molecule has 0 saturated heterocycles. The van der Waals surface area contributed by atoms with E-state index in [1.54, 1.807) is 0 Å². The van der Waals surface area contributed by atoms with Gasteiger partial charge < -0.3 is 0 Å². The monoisotopic (exact) mass is 593 g/mol. The van der Waals surface area contributed by atoms with Gasteiger partial charge in [0, 0.05) is 22.1 Å². The maximum absolute atomic E-state index is 5.02. The van der Waals surface area contributed by atoms with Gasteiger partial charge in [-0.25, -0.2) is 15.0 Å². The Morgan fingerprint density at radius 3 is 1.63 bits per heavy atom. The number of rotatable bonds is 7. The number of hydrogen-bond donors (Lipinski definition) is 0. The Morgan fingerprint density at radius 1 is 0.522 bits per heavy atom. The van der Waals surface area contributed by atoms with Crippen molar-refractivity contribution in [1.29, 1.82) is 0 Å². The second kappa shape index (κ2) is 12.0. The zero-order valence-corrected chi connectivity index (χ0v) is 26.4. The molecule has 1 aliphatic rings. The maximum atomic E-state index is 5.02. The zero-order chi connectivity index (χ0) is 31.7. The van der Waals surface area contributed by atoms with Crippen molar-refractivity contribution >= 4 is 5.57 Å². The Labute approximate surface area is 271 Å². The van der Waals surface area contributed by atoms with Crippen LogP contribution >= 0.6 is 0 Å². The highest BCUT2D eigenvalue weighted by Crippen LogP contribution is 2.48. The third kappa shape index (κ3) is 5.31. The molecular formula is C43H35N3. The molecule has 5 aromatic carbocycles. The molecule has 3 heteroatoms. The number of benzene rings is 5. The number of aromatic nitrogens is 3. The highest BCUT2D eigenvalue weighted by atomic mass is 15.0. The molecule has 0 N–H and O–H groups in total. The van der Waals surface area contributed by atoms with E-state index in [-0.39, 0.29) is 5.41 Å². The van der Waals surface area contributed by atoms with Crippen LogP contribution in [-0.4, -0.2) is 15.0 Å². The minimum atomic E-state index is -0.122. The molecule has 0 fully saturated rings. The molecule has 46 heavy (non-hydrogen) atoms. The number of hydrogen-bond acceptors (Lipinski definition) is 3. The average molecular weight is 594 g/mol. The van der Waals surface area contributed by atoms with E-state index in [4.69, 9.17) is 15.0 Å². The lowest BCUT2D eigenvalue weighted by atomic mass is 9.80. The topological polar surface area (TPSA) is 38.7 Å². The summed E-state index contributed by atoms with van der Waals surface area (Å²) in [5.41, 5.74) is 12.4. The molecule has 3 nitrogen and oxygen atoms in total. The van der Waals surface area contributed by atoms with Gasteiger partial charge in [0.05, 0.1) is 0 Å². The van der Waals surface area contributed by atoms with Crippen molar-refractivity contribution in [3.8, 4) is 56.4 Å². The molecule has 0 amide bonds. The Morgan fingerprint density at radius 2 is 1.00 bits per heavy atom. The van der Waals surface area contributed by atoms with Gasteiger partial charge >= 0.3 is 0 Å². The third-order valence-corrected chi connectivity index (χ3v) is 8.86. The van der Waals surface area contributed by atoms with Crippen LogP contribution in [0.15, 0.2) is 158 Å². The van der Waals surface area contributed by atoms with E-state index in [9.17, 15) is 0 Å². The molecule has 222 valence electrons. The van der Waals surface area contributed by atoms with Crippen LogP contribution in [-0.2, 0) is 5.41 Å². The molecule has 0 radical (unpaired) electrons. The van der Waals surface area contributed by atoms with Crippen molar-refractivity contribution < 1.29 is 0 Å². The van der Waals surface area contributed by atoms with Crippen molar-refractivity contribution in [2.24, 2.45) is 0 Å². The van der Waals surface area contributed by atoms with Crippen LogP contribution in [0.3, 0.4) is 0 Å². The average Bonchev–Trinajstić information content (AvgIpc) is 3.33. The van der Waals surface area contributed by atoms with Gasteiger partial charge in [0.2, 0.25) is 0 Å². The van der Waals surface area contributed by atoms with Crippen LogP contribution in [0.4, 0.5) is 0 Å². The second-order valence-corrected chi connectivity index (χ2v) is 12.1. The van der Waals surface area contributed by atoms with E-state index in [1.807, 2.05) is 42.5 Å². The van der Waals surface area contributed by atoms with E-state index >= 15 is 0 Å². The van der Waals surface area contributed by atoms with Crippen molar-refractivity contribution in [3.63, 3.8) is 0 Å². The lowest BCUT2D eigenvalue weighted by Crippen LogP contribution is -2.16. The zero-order valence-electron chi connectivity index (χ0n) is 26.4. The Hall–Kier alpha value is -5.67. The molecule has 0 saturated carbocycles. The van der Waals surface area contributed by atoms with Crippen LogP contribution in [0.25, 0.3) is 62.0 Å². The van der Waals surface area contributed by atoms with Gasteiger partial charge in [0.1, 0.15) is 0 Å². The number of fused-ring (bicyclic) bond motifs is 1. The summed E-state index contributed by atoms with van der Waals surface area (Å²) in [5.74, 6) is 1.94. The molecular weight excluding hydrogens is 558 g/mol. The van der Waals surface area contributed by atoms with Gasteiger partial charge in [0.15, 0.2) is 17.5 Å². The fraction of sp³-hybridized carbons (Fsp3) is 0.0930. The quantitative estimate of drug-likeness (QED) is 0.185. The summed E-state index contributed by atoms with van der Waals surface area (Å²) in [6, 6.07) is 44.2. The molecule has 1 aromatic heterocycles. The smallest absolute Gasteiger partial charge is 0.164 e. The molecule has 0 atom stereocenters. The SMILES string of the molecule is C=CC1=C(/C=C\C)C(C)(C)c2cc(-c3cccc(-c4nc(-c5ccccc5)nc(-c5ccc(-c6ccccc6)cc5)n4)c3)ccc21. The Balaban J connectivity index is 1.30. The van der Waals surface area contributed by atoms with Crippen LogP contribution in [0, 0.1) is 0 Å². The van der Waals surface area contributed by atoms with Gasteiger partial charge in [0.25, 0.3) is 0 Å². The largest absolute Gasteiger partial charge is 0.208 e. The first-order valence-corrected chi connectivity index (χ1v) is 15.7. The summed E-state index contributed by atoms with van der Waals surface area (Å²) >= 11 is 0. The van der Waals surface area contributed by atoms with E-state index in [1.165, 1.54) is 27.8 Å². The Bertz CT molecular complexity index is 2120. The van der Waals surface area contributed by atoms with Gasteiger partial charge in [-0.15, -0.1) is 0 Å². The standard InChI is InChI=1S/C43H35N3/c1-5-14-38-36(6-2)37-26-25-34(28-39(37)43(38,3)4)33-19-13-20-35(27-33)42-45-40(31-17-11-8-12-18-31)44-41(46-42)32-23-21-30(22-24-32)29-15-9-7-10-16-29/h5-28H,2H2,1,3-4H3/b14-5-. The molecule has 1 aliphatic carbocycles. The summed E-state index contributed by atoms with van der Waals surface area (Å²) < 4.78 is 0. The maximum Gasteiger partial charge on any atom is 0.164 e. The minimum absolute atomic E-state index is 0.122. The highest BCUT2D eigenvalue weighted by molar-refractivity contribution is 5.89. The number of allylic oxidation sites excluding steroid dienone is 5. The van der Waals surface area contributed by atoms with Crippen molar-refractivity contribution in [3.05, 3.63) is 169 Å². The number of nitrogens with zero attached hydrogens (tertiary/aromatic N) is 3. The molecule has 0 aliphatic heterocycles. The fourth-order valence-corrected chi connectivity index (χ4v) is 6.42. The van der Waals surface area contributed by atoms with Crippen molar-refractivity contribution in [1.82, 2.24) is 15.0 Å². The Kier molecular flexibility index (Phi) is 7.60. The van der Waals surface area contributed by atoms with Gasteiger partial charge in [-0.2, -0.15) is 0 Å². The van der Waals surface area contributed by atoms with Crippen LogP contribution in [0.5, 0.6) is 0 Å². The van der Waals surface area contributed by atoms with Crippen molar-refractivity contribution in [2.45, 2.75) is 26.2 Å². The second-order valence-electron chi connectivity index (χ2n) is 12.1. The summed E-state index contributed by atoms with van der Waals surface area (Å²) in [4.78, 5) is 14.9. The molecule has 0 bridgehead atoms. The summed E-state index contributed by atoms with van der Waals surface area (Å²) in [7, 11) is 0. The summed E-state index contributed by atoms with van der Waals surface area (Å²) in [6.07, 6.45) is 6.32. The predicted molar refractivity (Wildman–Crippen MR) is 192 cm³/mol. The summed E-state index contributed by atoms with van der Waals surface area (Å²) in [5, 5.41) is 0. The predicted octanol–water partition coefficient (Wildman–Crippen LogP) is 11.0. The van der Waals surface area contributed by atoms with E-state index in [0.717, 1.165) is 33.4 Å². The van der Waals surface area contributed by atoms with Gasteiger partial charge in [-0.1, -0.05) is 154 Å². The van der Waals surface area contributed by atoms with Crippen LogP contribution < -0.4 is 0 Å². The molecule has 1 heterocycles.